The summed E-state index contributed by atoms with van der Waals surface area (Å²) in [6, 6.07) is 6.61. The van der Waals surface area contributed by atoms with Crippen LogP contribution in [0.15, 0.2) is 30.5 Å². The van der Waals surface area contributed by atoms with Gasteiger partial charge in [0.1, 0.15) is 5.82 Å². The average molecular weight is 203 g/mol. The first-order valence-corrected chi connectivity index (χ1v) is 3.96. The summed E-state index contributed by atoms with van der Waals surface area (Å²) in [6.45, 7) is 0. The average Bonchev–Trinajstić information content (AvgIpc) is 2.07. The van der Waals surface area contributed by atoms with Crippen LogP contribution in [0.5, 0.6) is 0 Å². The van der Waals surface area contributed by atoms with Crippen LogP contribution >= 0.6 is 12.2 Å². The van der Waals surface area contributed by atoms with E-state index in [-0.39, 0.29) is 36.8 Å². The number of fused-ring (bicyclic) bond motifs is 1. The van der Waals surface area contributed by atoms with Crippen molar-refractivity contribution >= 4 is 23.1 Å². The minimum absolute atomic E-state index is 0. The Morgan fingerprint density at radius 2 is 2.08 bits per heavy atom. The molecule has 0 atom stereocenters. The van der Waals surface area contributed by atoms with Gasteiger partial charge >= 0.3 is 29.6 Å². The van der Waals surface area contributed by atoms with Gasteiger partial charge in [-0.05, 0) is 12.1 Å². The number of H-pyrrole nitrogens is 1. The Kier molecular flexibility index (Phi) is 3.62. The van der Waals surface area contributed by atoms with Crippen molar-refractivity contribution in [1.82, 2.24) is 4.98 Å². The maximum absolute atomic E-state index is 13.1. The van der Waals surface area contributed by atoms with Crippen molar-refractivity contribution in [3.8, 4) is 0 Å². The van der Waals surface area contributed by atoms with Gasteiger partial charge in [0.2, 0.25) is 0 Å². The predicted octanol–water partition coefficient (Wildman–Crippen LogP) is 0.153. The molecular weight excluding hydrogens is 196 g/mol. The first-order valence-electron chi connectivity index (χ1n) is 3.55. The van der Waals surface area contributed by atoms with E-state index in [2.05, 4.69) is 4.98 Å². The summed E-state index contributed by atoms with van der Waals surface area (Å²) in [4.78, 5) is 2.82. The van der Waals surface area contributed by atoms with Crippen molar-refractivity contribution in [2.24, 2.45) is 0 Å². The van der Waals surface area contributed by atoms with Gasteiger partial charge in [-0.15, -0.1) is 0 Å². The third kappa shape index (κ3) is 1.99. The number of para-hydroxylation sites is 1. The number of aromatic nitrogens is 1. The van der Waals surface area contributed by atoms with Crippen LogP contribution < -0.4 is 29.6 Å². The van der Waals surface area contributed by atoms with Gasteiger partial charge in [0.05, 0.1) is 5.52 Å². The molecule has 0 spiro atoms. The molecular formula is C9H7FNNaS. The summed E-state index contributed by atoms with van der Waals surface area (Å²) in [5, 5.41) is 0.757. The van der Waals surface area contributed by atoms with Gasteiger partial charge < -0.3 is 6.41 Å². The second-order valence-corrected chi connectivity index (χ2v) is 2.94. The Bertz CT molecular complexity index is 485. The van der Waals surface area contributed by atoms with E-state index in [1.165, 1.54) is 6.07 Å². The molecule has 0 aliphatic heterocycles. The zero-order valence-corrected chi connectivity index (χ0v) is 9.99. The van der Waals surface area contributed by atoms with Gasteiger partial charge in [-0.25, -0.2) is 4.39 Å². The SMILES string of the molecule is Fc1cccc2c(=S)cc[nH]c12.[H-].[Na+]. The number of pyridine rings is 1. The normalized spacial score (nSPS) is 9.62. The van der Waals surface area contributed by atoms with E-state index in [1.54, 1.807) is 24.4 Å². The number of hydrogen-bond acceptors (Lipinski definition) is 1. The van der Waals surface area contributed by atoms with E-state index >= 15 is 0 Å². The minimum Gasteiger partial charge on any atom is -1.00 e. The standard InChI is InChI=1S/C9H6FNS.Na.H/c10-7-3-1-2-6-8(12)4-5-11-9(6)7;;/h1-5H,(H,11,12);;/q;+1;-1. The molecule has 1 aromatic carbocycles. The number of hydrogen-bond donors (Lipinski definition) is 1. The molecule has 1 aromatic heterocycles. The smallest absolute Gasteiger partial charge is 1.00 e. The molecule has 62 valence electrons. The summed E-state index contributed by atoms with van der Waals surface area (Å²) in [6.07, 6.45) is 1.65. The Hall–Kier alpha value is -0.220. The summed E-state index contributed by atoms with van der Waals surface area (Å²) in [5.41, 5.74) is 0.477. The maximum Gasteiger partial charge on any atom is 1.00 e. The fourth-order valence-corrected chi connectivity index (χ4v) is 1.40. The molecule has 0 aliphatic rings. The van der Waals surface area contributed by atoms with Crippen LogP contribution in [0.3, 0.4) is 0 Å². The molecule has 4 heteroatoms. The van der Waals surface area contributed by atoms with Crippen molar-refractivity contribution < 1.29 is 35.4 Å². The molecule has 2 aromatic rings. The maximum atomic E-state index is 13.1. The van der Waals surface area contributed by atoms with Crippen LogP contribution in [0, 0.1) is 10.3 Å². The van der Waals surface area contributed by atoms with E-state index in [1.807, 2.05) is 0 Å². The second-order valence-electron chi connectivity index (χ2n) is 2.50. The molecule has 0 saturated heterocycles. The van der Waals surface area contributed by atoms with Crippen LogP contribution in [-0.2, 0) is 0 Å². The van der Waals surface area contributed by atoms with Crippen molar-refractivity contribution in [2.45, 2.75) is 0 Å². The van der Waals surface area contributed by atoms with E-state index < -0.39 is 0 Å². The predicted molar refractivity (Wildman–Crippen MR) is 50.2 cm³/mol. The molecule has 0 bridgehead atoms. The summed E-state index contributed by atoms with van der Waals surface area (Å²) in [7, 11) is 0. The van der Waals surface area contributed by atoms with E-state index in [0.29, 0.717) is 10.0 Å². The van der Waals surface area contributed by atoms with Crippen LogP contribution in [0.2, 0.25) is 0 Å². The number of nitrogens with one attached hydrogen (secondary N) is 1. The van der Waals surface area contributed by atoms with Crippen LogP contribution in [0.25, 0.3) is 10.9 Å². The molecule has 0 amide bonds. The van der Waals surface area contributed by atoms with Gasteiger partial charge in [-0.3, -0.25) is 0 Å². The summed E-state index contributed by atoms with van der Waals surface area (Å²) >= 11 is 5.03. The Balaban J connectivity index is 0.000000845. The number of rotatable bonds is 0. The number of benzene rings is 1. The van der Waals surface area contributed by atoms with E-state index in [4.69, 9.17) is 12.2 Å². The van der Waals surface area contributed by atoms with Gasteiger partial charge in [-0.1, -0.05) is 24.4 Å². The Morgan fingerprint density at radius 1 is 1.31 bits per heavy atom. The van der Waals surface area contributed by atoms with Crippen LogP contribution in [0.4, 0.5) is 4.39 Å². The third-order valence-electron chi connectivity index (χ3n) is 1.74. The van der Waals surface area contributed by atoms with Gasteiger partial charge in [-0.2, -0.15) is 0 Å². The molecule has 2 rings (SSSR count). The van der Waals surface area contributed by atoms with Crippen molar-refractivity contribution in [3.63, 3.8) is 0 Å². The fourth-order valence-electron chi connectivity index (χ4n) is 1.17. The van der Waals surface area contributed by atoms with Gasteiger partial charge in [0.15, 0.2) is 0 Å². The molecule has 0 unspecified atom stereocenters. The molecule has 0 fully saturated rings. The summed E-state index contributed by atoms with van der Waals surface area (Å²) < 4.78 is 13.8. The zero-order valence-electron chi connectivity index (χ0n) is 8.17. The molecule has 0 saturated carbocycles. The molecule has 1 heterocycles. The molecule has 0 radical (unpaired) electrons. The van der Waals surface area contributed by atoms with E-state index in [9.17, 15) is 4.39 Å². The fraction of sp³-hybridized carbons (Fsp3) is 0. The summed E-state index contributed by atoms with van der Waals surface area (Å²) in [5.74, 6) is -0.265. The topological polar surface area (TPSA) is 15.8 Å². The van der Waals surface area contributed by atoms with Crippen molar-refractivity contribution in [2.75, 3.05) is 0 Å². The third-order valence-corrected chi connectivity index (χ3v) is 2.10. The molecule has 1 nitrogen and oxygen atoms in total. The molecule has 0 aliphatic carbocycles. The minimum atomic E-state index is -0.265. The first kappa shape index (κ1) is 10.9. The second kappa shape index (κ2) is 4.33. The Labute approximate surface area is 104 Å². The zero-order chi connectivity index (χ0) is 8.55. The van der Waals surface area contributed by atoms with E-state index in [0.717, 1.165) is 5.39 Å². The monoisotopic (exact) mass is 203 g/mol. The van der Waals surface area contributed by atoms with Crippen molar-refractivity contribution in [1.29, 1.82) is 0 Å². The number of halogens is 1. The largest absolute Gasteiger partial charge is 1.00 e. The number of aromatic amines is 1. The molecule has 13 heavy (non-hydrogen) atoms. The quantitative estimate of drug-likeness (QED) is 0.476. The Morgan fingerprint density at radius 3 is 2.77 bits per heavy atom. The first-order chi connectivity index (χ1) is 5.79. The van der Waals surface area contributed by atoms with Crippen LogP contribution in [0.1, 0.15) is 1.43 Å². The molecule has 1 N–H and O–H groups in total. The van der Waals surface area contributed by atoms with Gasteiger partial charge in [0.25, 0.3) is 0 Å². The van der Waals surface area contributed by atoms with Crippen molar-refractivity contribution in [3.05, 3.63) is 40.8 Å². The van der Waals surface area contributed by atoms with Gasteiger partial charge in [0, 0.05) is 16.1 Å². The van der Waals surface area contributed by atoms with Crippen LogP contribution in [-0.4, -0.2) is 4.98 Å².